The summed E-state index contributed by atoms with van der Waals surface area (Å²) in [6.07, 6.45) is 5.09. The summed E-state index contributed by atoms with van der Waals surface area (Å²) in [5, 5.41) is 7.14. The number of rotatable bonds is 7. The van der Waals surface area contributed by atoms with Gasteiger partial charge in [0.1, 0.15) is 5.00 Å². The van der Waals surface area contributed by atoms with E-state index in [1.807, 2.05) is 30.4 Å². The molecule has 174 valence electrons. The van der Waals surface area contributed by atoms with E-state index in [4.69, 9.17) is 4.74 Å². The van der Waals surface area contributed by atoms with E-state index in [1.54, 1.807) is 31.2 Å². The van der Waals surface area contributed by atoms with Gasteiger partial charge in [0.05, 0.1) is 18.2 Å². The highest BCUT2D eigenvalue weighted by atomic mass is 32.1. The lowest BCUT2D eigenvalue weighted by Gasteiger charge is -2.26. The first-order valence-corrected chi connectivity index (χ1v) is 12.2. The van der Waals surface area contributed by atoms with E-state index in [9.17, 15) is 9.59 Å². The maximum Gasteiger partial charge on any atom is 0.338 e. The number of carbonyl (C=O) groups excluding carboxylic acids is 2. The van der Waals surface area contributed by atoms with Crippen LogP contribution in [0.25, 0.3) is 5.00 Å². The van der Waals surface area contributed by atoms with E-state index in [-0.39, 0.29) is 18.0 Å². The van der Waals surface area contributed by atoms with E-state index in [0.29, 0.717) is 17.9 Å². The largest absolute Gasteiger partial charge is 0.462 e. The Labute approximate surface area is 198 Å². The zero-order valence-corrected chi connectivity index (χ0v) is 20.1. The minimum atomic E-state index is -0.372. The number of ether oxygens (including phenoxy) is 1. The van der Waals surface area contributed by atoms with Crippen molar-refractivity contribution in [2.75, 3.05) is 25.0 Å². The summed E-state index contributed by atoms with van der Waals surface area (Å²) >= 11 is 1.81. The monoisotopic (exact) mass is 466 g/mol. The molecule has 33 heavy (non-hydrogen) atoms. The van der Waals surface area contributed by atoms with Gasteiger partial charge in [0.2, 0.25) is 0 Å². The summed E-state index contributed by atoms with van der Waals surface area (Å²) in [6.45, 7) is 9.35. The molecule has 3 aromatic rings. The van der Waals surface area contributed by atoms with E-state index >= 15 is 0 Å². The Morgan fingerprint density at radius 2 is 1.88 bits per heavy atom. The summed E-state index contributed by atoms with van der Waals surface area (Å²) in [5.41, 5.74) is 3.62. The number of fused-ring (bicyclic) bond motifs is 1. The Balaban J connectivity index is 1.50. The van der Waals surface area contributed by atoms with Gasteiger partial charge in [-0.15, -0.1) is 11.3 Å². The predicted octanol–water partition coefficient (Wildman–Crippen LogP) is 4.98. The van der Waals surface area contributed by atoms with Crippen molar-refractivity contribution in [2.45, 2.75) is 39.8 Å². The standard InChI is InChI=1S/C25H30N4O3S/c1-4-28-15-12-20-21(16-28)33-23(29-13-6-7-14-29)22(20)17(3)26-25(31)27-19-10-8-18(9-11-19)24(30)32-5-2/h6-11,13-14,17H,4-5,12,15-16H2,1-3H3,(H2,26,27,31)/t17-/m1/s1. The number of carbonyl (C=O) groups is 2. The van der Waals surface area contributed by atoms with Crippen LogP contribution in [0.1, 0.15) is 53.2 Å². The molecule has 2 aromatic heterocycles. The lowest BCUT2D eigenvalue weighted by atomic mass is 9.98. The third kappa shape index (κ3) is 5.12. The van der Waals surface area contributed by atoms with Crippen molar-refractivity contribution in [3.05, 3.63) is 70.4 Å². The number of nitrogens with zero attached hydrogens (tertiary/aromatic N) is 2. The van der Waals surface area contributed by atoms with Crippen LogP contribution in [0.15, 0.2) is 48.8 Å². The first kappa shape index (κ1) is 23.1. The van der Waals surface area contributed by atoms with Crippen LogP contribution in [0.2, 0.25) is 0 Å². The smallest absolute Gasteiger partial charge is 0.338 e. The van der Waals surface area contributed by atoms with Crippen molar-refractivity contribution >= 4 is 29.0 Å². The van der Waals surface area contributed by atoms with Crippen molar-refractivity contribution in [3.63, 3.8) is 0 Å². The molecule has 0 fully saturated rings. The molecule has 8 heteroatoms. The molecule has 1 aliphatic heterocycles. The summed E-state index contributed by atoms with van der Waals surface area (Å²) in [4.78, 5) is 28.4. The van der Waals surface area contributed by atoms with Crippen LogP contribution >= 0.6 is 11.3 Å². The second kappa shape index (κ2) is 10.2. The van der Waals surface area contributed by atoms with Crippen LogP contribution in [0, 0.1) is 0 Å². The Hall–Kier alpha value is -3.10. The SMILES string of the molecule is CCOC(=O)c1ccc(NC(=O)N[C@H](C)c2c(-n3cccc3)sc3c2CCN(CC)C3)cc1. The van der Waals surface area contributed by atoms with Gasteiger partial charge in [-0.05, 0) is 68.8 Å². The third-order valence-corrected chi connectivity index (χ3v) is 7.12. The normalized spacial score (nSPS) is 14.4. The van der Waals surface area contributed by atoms with Crippen LogP contribution in [0.5, 0.6) is 0 Å². The number of nitrogens with one attached hydrogen (secondary N) is 2. The van der Waals surface area contributed by atoms with Crippen LogP contribution in [0.3, 0.4) is 0 Å². The fourth-order valence-electron chi connectivity index (χ4n) is 4.18. The number of anilines is 1. The van der Waals surface area contributed by atoms with Gasteiger partial charge in [0.15, 0.2) is 0 Å². The molecule has 0 aliphatic carbocycles. The van der Waals surface area contributed by atoms with Crippen LogP contribution in [0.4, 0.5) is 10.5 Å². The molecule has 0 saturated carbocycles. The van der Waals surface area contributed by atoms with Crippen molar-refractivity contribution in [1.82, 2.24) is 14.8 Å². The number of likely N-dealkylation sites (N-methyl/N-ethyl adjacent to an activating group) is 1. The number of hydrogen-bond acceptors (Lipinski definition) is 5. The maximum atomic E-state index is 12.8. The average Bonchev–Trinajstić information content (AvgIpc) is 3.47. The fourth-order valence-corrected chi connectivity index (χ4v) is 5.64. The Bertz CT molecular complexity index is 1110. The quantitative estimate of drug-likeness (QED) is 0.482. The van der Waals surface area contributed by atoms with Gasteiger partial charge >= 0.3 is 12.0 Å². The van der Waals surface area contributed by atoms with Crippen molar-refractivity contribution in [2.24, 2.45) is 0 Å². The van der Waals surface area contributed by atoms with Crippen molar-refractivity contribution in [3.8, 4) is 5.00 Å². The molecule has 1 aliphatic rings. The lowest BCUT2D eigenvalue weighted by Crippen LogP contribution is -2.33. The molecule has 0 unspecified atom stereocenters. The molecule has 0 bridgehead atoms. The summed E-state index contributed by atoms with van der Waals surface area (Å²) < 4.78 is 7.14. The number of aromatic nitrogens is 1. The van der Waals surface area contributed by atoms with Crippen LogP contribution < -0.4 is 10.6 Å². The van der Waals surface area contributed by atoms with E-state index < -0.39 is 0 Å². The molecule has 4 rings (SSSR count). The van der Waals surface area contributed by atoms with Crippen molar-refractivity contribution < 1.29 is 14.3 Å². The topological polar surface area (TPSA) is 75.6 Å². The second-order valence-electron chi connectivity index (χ2n) is 8.05. The van der Waals surface area contributed by atoms with Gasteiger partial charge in [-0.2, -0.15) is 0 Å². The Morgan fingerprint density at radius 3 is 2.55 bits per heavy atom. The predicted molar refractivity (Wildman–Crippen MR) is 131 cm³/mol. The average molecular weight is 467 g/mol. The summed E-state index contributed by atoms with van der Waals surface area (Å²) in [7, 11) is 0. The van der Waals surface area contributed by atoms with Crippen LogP contribution in [-0.2, 0) is 17.7 Å². The highest BCUT2D eigenvalue weighted by molar-refractivity contribution is 7.15. The van der Waals surface area contributed by atoms with Gasteiger partial charge in [0.25, 0.3) is 0 Å². The Kier molecular flexibility index (Phi) is 7.15. The first-order chi connectivity index (χ1) is 16.0. The molecule has 1 atom stereocenters. The molecule has 2 N–H and O–H groups in total. The number of thiophene rings is 1. The van der Waals surface area contributed by atoms with E-state index in [1.165, 1.54) is 16.0 Å². The molecular weight excluding hydrogens is 436 g/mol. The Morgan fingerprint density at radius 1 is 1.15 bits per heavy atom. The molecule has 1 aromatic carbocycles. The van der Waals surface area contributed by atoms with Gasteiger partial charge in [-0.1, -0.05) is 6.92 Å². The minimum Gasteiger partial charge on any atom is -0.462 e. The molecule has 0 radical (unpaired) electrons. The summed E-state index contributed by atoms with van der Waals surface area (Å²) in [6, 6.07) is 10.3. The van der Waals surface area contributed by atoms with Gasteiger partial charge < -0.3 is 19.9 Å². The fraction of sp³-hybridized carbons (Fsp3) is 0.360. The van der Waals surface area contributed by atoms with Gasteiger partial charge in [-0.25, -0.2) is 9.59 Å². The van der Waals surface area contributed by atoms with E-state index in [2.05, 4.69) is 39.4 Å². The third-order valence-electron chi connectivity index (χ3n) is 5.88. The second-order valence-corrected chi connectivity index (χ2v) is 9.13. The molecular formula is C25H30N4O3S. The van der Waals surface area contributed by atoms with Gasteiger partial charge in [0, 0.05) is 41.6 Å². The summed E-state index contributed by atoms with van der Waals surface area (Å²) in [5.74, 6) is -0.372. The van der Waals surface area contributed by atoms with Crippen LogP contribution in [-0.4, -0.2) is 41.2 Å². The lowest BCUT2D eigenvalue weighted by molar-refractivity contribution is 0.0526. The van der Waals surface area contributed by atoms with E-state index in [0.717, 1.165) is 31.1 Å². The minimum absolute atomic E-state index is 0.158. The zero-order chi connectivity index (χ0) is 23.4. The number of esters is 1. The first-order valence-electron chi connectivity index (χ1n) is 11.3. The highest BCUT2D eigenvalue weighted by Gasteiger charge is 2.28. The maximum absolute atomic E-state index is 12.8. The molecule has 3 heterocycles. The van der Waals surface area contributed by atoms with Gasteiger partial charge in [-0.3, -0.25) is 4.90 Å². The number of urea groups is 1. The highest BCUT2D eigenvalue weighted by Crippen LogP contribution is 2.39. The zero-order valence-electron chi connectivity index (χ0n) is 19.3. The van der Waals surface area contributed by atoms with Crippen molar-refractivity contribution in [1.29, 1.82) is 0 Å². The molecule has 0 saturated heterocycles. The molecule has 0 spiro atoms. The number of benzene rings is 1. The number of hydrogen-bond donors (Lipinski definition) is 2. The number of amides is 2. The molecule has 7 nitrogen and oxygen atoms in total. The molecule has 2 amide bonds.